The van der Waals surface area contributed by atoms with Crippen LogP contribution in [0.2, 0.25) is 0 Å². The molecule has 0 radical (unpaired) electrons. The average Bonchev–Trinajstić information content (AvgIpc) is 2.77. The number of nitrogens with zero attached hydrogens (tertiary/aromatic N) is 2. The topological polar surface area (TPSA) is 51.4 Å². The minimum Gasteiger partial charge on any atom is -0.374 e. The number of morpholine rings is 1. The van der Waals surface area contributed by atoms with Gasteiger partial charge in [0.05, 0.1) is 19.3 Å². The lowest BCUT2D eigenvalue weighted by Crippen LogP contribution is -2.45. The highest BCUT2D eigenvalue weighted by Gasteiger charge is 2.22. The molecule has 4 nitrogen and oxygen atoms in total. The fourth-order valence-electron chi connectivity index (χ4n) is 1.99. The third kappa shape index (κ3) is 4.68. The minimum atomic E-state index is 0. The van der Waals surface area contributed by atoms with Gasteiger partial charge >= 0.3 is 0 Å². The summed E-state index contributed by atoms with van der Waals surface area (Å²) in [6.45, 7) is 10.9. The smallest absolute Gasteiger partial charge is 0.107 e. The fraction of sp³-hybridized carbons (Fsp3) is 0.769. The molecule has 0 saturated carbocycles. The lowest BCUT2D eigenvalue weighted by Gasteiger charge is -2.31. The van der Waals surface area contributed by atoms with E-state index in [9.17, 15) is 0 Å². The van der Waals surface area contributed by atoms with E-state index in [-0.39, 0.29) is 23.9 Å². The lowest BCUT2D eigenvalue weighted by molar-refractivity contribution is -0.0260. The number of hydrogen-bond donors (Lipinski definition) is 1. The number of rotatable bonds is 3. The molecule has 0 aromatic carbocycles. The summed E-state index contributed by atoms with van der Waals surface area (Å²) in [5.41, 5.74) is 5.85. The van der Waals surface area contributed by atoms with Gasteiger partial charge in [0.1, 0.15) is 5.01 Å². The molecule has 6 heteroatoms. The maximum atomic E-state index is 5.66. The van der Waals surface area contributed by atoms with Crippen LogP contribution in [-0.2, 0) is 16.7 Å². The van der Waals surface area contributed by atoms with Crippen molar-refractivity contribution in [1.82, 2.24) is 9.88 Å². The van der Waals surface area contributed by atoms with Crippen molar-refractivity contribution in [3.63, 3.8) is 0 Å². The minimum absolute atomic E-state index is 0. The molecule has 110 valence electrons. The zero-order valence-electron chi connectivity index (χ0n) is 11.9. The maximum Gasteiger partial charge on any atom is 0.107 e. The van der Waals surface area contributed by atoms with Gasteiger partial charge in [-0.3, -0.25) is 4.90 Å². The van der Waals surface area contributed by atoms with Crippen LogP contribution >= 0.6 is 23.7 Å². The number of aromatic nitrogens is 1. The summed E-state index contributed by atoms with van der Waals surface area (Å²) in [6, 6.07) is 0. The molecule has 1 saturated heterocycles. The molecule has 19 heavy (non-hydrogen) atoms. The first-order valence-corrected chi connectivity index (χ1v) is 7.30. The molecule has 2 rings (SSSR count). The summed E-state index contributed by atoms with van der Waals surface area (Å²) in [5, 5.41) is 1.19. The Balaban J connectivity index is 0.00000180. The van der Waals surface area contributed by atoms with Crippen LogP contribution in [-0.4, -0.2) is 42.2 Å². The van der Waals surface area contributed by atoms with E-state index in [1.54, 1.807) is 0 Å². The van der Waals surface area contributed by atoms with E-state index < -0.39 is 0 Å². The summed E-state index contributed by atoms with van der Waals surface area (Å²) in [6.07, 6.45) is 2.20. The van der Waals surface area contributed by atoms with Crippen molar-refractivity contribution >= 4 is 23.7 Å². The molecule has 2 N–H and O–H groups in total. The largest absolute Gasteiger partial charge is 0.374 e. The van der Waals surface area contributed by atoms with Crippen molar-refractivity contribution in [2.24, 2.45) is 5.73 Å². The van der Waals surface area contributed by atoms with E-state index in [2.05, 4.69) is 30.7 Å². The van der Waals surface area contributed by atoms with Gasteiger partial charge in [0, 0.05) is 30.7 Å². The Bertz CT molecular complexity index is 391. The molecule has 1 aromatic rings. The SMILES string of the molecule is CC(C)(C)c1cnc(CN2CCOC(CN)C2)s1.Cl. The summed E-state index contributed by atoms with van der Waals surface area (Å²) in [5.74, 6) is 0. The Morgan fingerprint density at radius 2 is 2.26 bits per heavy atom. The third-order valence-corrected chi connectivity index (χ3v) is 4.55. The van der Waals surface area contributed by atoms with Crippen LogP contribution < -0.4 is 5.73 Å². The normalized spacial score (nSPS) is 21.2. The van der Waals surface area contributed by atoms with Crippen LogP contribution in [0.1, 0.15) is 30.7 Å². The Labute approximate surface area is 125 Å². The number of ether oxygens (including phenoxy) is 1. The predicted octanol–water partition coefficient (Wildman–Crippen LogP) is 2.02. The van der Waals surface area contributed by atoms with E-state index in [1.165, 1.54) is 9.88 Å². The van der Waals surface area contributed by atoms with Gasteiger partial charge in [-0.05, 0) is 5.41 Å². The Morgan fingerprint density at radius 1 is 1.53 bits per heavy atom. The maximum absolute atomic E-state index is 5.66. The Morgan fingerprint density at radius 3 is 2.84 bits per heavy atom. The molecule has 1 fully saturated rings. The highest BCUT2D eigenvalue weighted by molar-refractivity contribution is 7.11. The average molecular weight is 306 g/mol. The number of hydrogen-bond acceptors (Lipinski definition) is 5. The van der Waals surface area contributed by atoms with Gasteiger partial charge in [0.25, 0.3) is 0 Å². The van der Waals surface area contributed by atoms with E-state index in [1.807, 2.05) is 17.5 Å². The van der Waals surface area contributed by atoms with E-state index in [0.717, 1.165) is 26.2 Å². The molecular formula is C13H24ClN3OS. The van der Waals surface area contributed by atoms with Crippen LogP contribution in [0.4, 0.5) is 0 Å². The van der Waals surface area contributed by atoms with E-state index >= 15 is 0 Å². The van der Waals surface area contributed by atoms with Gasteiger partial charge in [0.15, 0.2) is 0 Å². The standard InChI is InChI=1S/C13H23N3OS.ClH/c1-13(2,3)11-7-15-12(18-11)9-16-4-5-17-10(6-14)8-16;/h7,10H,4-6,8-9,14H2,1-3H3;1H. The number of thiazole rings is 1. The van der Waals surface area contributed by atoms with Gasteiger partial charge < -0.3 is 10.5 Å². The molecule has 1 unspecified atom stereocenters. The molecule has 0 aliphatic carbocycles. The summed E-state index contributed by atoms with van der Waals surface area (Å²) in [4.78, 5) is 8.26. The second kappa shape index (κ2) is 6.99. The first-order chi connectivity index (χ1) is 8.49. The third-order valence-electron chi connectivity index (χ3n) is 3.14. The van der Waals surface area contributed by atoms with E-state index in [0.29, 0.717) is 6.54 Å². The molecule has 1 aliphatic heterocycles. The van der Waals surface area contributed by atoms with Crippen molar-refractivity contribution in [2.45, 2.75) is 38.8 Å². The molecule has 1 atom stereocenters. The van der Waals surface area contributed by atoms with Gasteiger partial charge in [-0.15, -0.1) is 23.7 Å². The number of nitrogens with two attached hydrogens (primary N) is 1. The zero-order valence-corrected chi connectivity index (χ0v) is 13.5. The molecule has 1 aliphatic rings. The summed E-state index contributed by atoms with van der Waals surface area (Å²) in [7, 11) is 0. The fourth-order valence-corrected chi connectivity index (χ4v) is 3.01. The first-order valence-electron chi connectivity index (χ1n) is 6.48. The van der Waals surface area contributed by atoms with Crippen LogP contribution in [0.25, 0.3) is 0 Å². The van der Waals surface area contributed by atoms with Gasteiger partial charge in [-0.1, -0.05) is 20.8 Å². The molecule has 0 spiro atoms. The quantitative estimate of drug-likeness (QED) is 0.928. The van der Waals surface area contributed by atoms with Crippen LogP contribution in [0.3, 0.4) is 0 Å². The zero-order chi connectivity index (χ0) is 13.2. The highest BCUT2D eigenvalue weighted by atomic mass is 35.5. The van der Waals surface area contributed by atoms with Crippen LogP contribution in [0.5, 0.6) is 0 Å². The molecule has 2 heterocycles. The Hall–Kier alpha value is -0.200. The van der Waals surface area contributed by atoms with Gasteiger partial charge in [0.2, 0.25) is 0 Å². The van der Waals surface area contributed by atoms with Crippen LogP contribution in [0.15, 0.2) is 6.20 Å². The second-order valence-electron chi connectivity index (χ2n) is 5.83. The number of halogens is 1. The lowest BCUT2D eigenvalue weighted by atomic mass is 9.96. The van der Waals surface area contributed by atoms with Gasteiger partial charge in [-0.25, -0.2) is 4.98 Å². The second-order valence-corrected chi connectivity index (χ2v) is 6.95. The highest BCUT2D eigenvalue weighted by Crippen LogP contribution is 2.28. The molecule has 1 aromatic heterocycles. The summed E-state index contributed by atoms with van der Waals surface area (Å²) >= 11 is 1.82. The van der Waals surface area contributed by atoms with Crippen molar-refractivity contribution in [3.8, 4) is 0 Å². The van der Waals surface area contributed by atoms with Crippen molar-refractivity contribution in [3.05, 3.63) is 16.1 Å². The van der Waals surface area contributed by atoms with Crippen molar-refractivity contribution in [2.75, 3.05) is 26.2 Å². The molecule has 0 bridgehead atoms. The van der Waals surface area contributed by atoms with Gasteiger partial charge in [-0.2, -0.15) is 0 Å². The monoisotopic (exact) mass is 305 g/mol. The van der Waals surface area contributed by atoms with Crippen molar-refractivity contribution < 1.29 is 4.74 Å². The Kier molecular flexibility index (Phi) is 6.20. The summed E-state index contributed by atoms with van der Waals surface area (Å²) < 4.78 is 5.57. The van der Waals surface area contributed by atoms with E-state index in [4.69, 9.17) is 10.5 Å². The first kappa shape index (κ1) is 16.9. The predicted molar refractivity (Wildman–Crippen MR) is 82.1 cm³/mol. The molecular weight excluding hydrogens is 282 g/mol. The van der Waals surface area contributed by atoms with Crippen LogP contribution in [0, 0.1) is 0 Å². The molecule has 0 amide bonds. The van der Waals surface area contributed by atoms with Crippen molar-refractivity contribution in [1.29, 1.82) is 0 Å².